The summed E-state index contributed by atoms with van der Waals surface area (Å²) in [5.74, 6) is 5.38. The number of aromatic nitrogens is 1. The molecule has 3 rings (SSSR count). The van der Waals surface area contributed by atoms with Crippen LogP contribution in [0.2, 0.25) is 0 Å². The zero-order chi connectivity index (χ0) is 19.4. The Labute approximate surface area is 168 Å². The average Bonchev–Trinajstić information content (AvgIpc) is 3.21. The number of carbonyl (C=O) groups is 1. The van der Waals surface area contributed by atoms with Crippen molar-refractivity contribution in [3.8, 4) is 17.6 Å². The van der Waals surface area contributed by atoms with Crippen molar-refractivity contribution in [1.29, 1.82) is 0 Å². The zero-order valence-corrected chi connectivity index (χ0v) is 16.2. The normalized spacial score (nSPS) is 14.6. The van der Waals surface area contributed by atoms with Crippen LogP contribution in [0.3, 0.4) is 0 Å². The fraction of sp³-hybridized carbons (Fsp3) is 0.250. The maximum Gasteiger partial charge on any atom is 0.256 e. The third-order valence-electron chi connectivity index (χ3n) is 4.03. The first kappa shape index (κ1) is 21.5. The summed E-state index contributed by atoms with van der Waals surface area (Å²) < 4.78 is 19.7. The number of amides is 1. The molecule has 28 heavy (non-hydrogen) atoms. The van der Waals surface area contributed by atoms with Gasteiger partial charge in [-0.15, -0.1) is 12.4 Å². The minimum atomic E-state index is -0.502. The van der Waals surface area contributed by atoms with Crippen molar-refractivity contribution < 1.29 is 19.0 Å². The number of hydrogen-bond acceptors (Lipinski definition) is 4. The second-order valence-corrected chi connectivity index (χ2v) is 6.10. The maximum absolute atomic E-state index is 14.4. The number of benzene rings is 1. The Kier molecular flexibility index (Phi) is 7.24. The molecule has 2 aromatic rings. The SMILES string of the molecule is COc1cc[nH]c1C=C1C(=O)Nc2ccc(F)c(C#CCNCC(C)O)c21.Cl. The highest BCUT2D eigenvalue weighted by molar-refractivity contribution is 6.35. The van der Waals surface area contributed by atoms with Gasteiger partial charge in [-0.3, -0.25) is 4.79 Å². The number of methoxy groups -OCH3 is 1. The molecular formula is C20H21ClFN3O3. The van der Waals surface area contributed by atoms with Gasteiger partial charge >= 0.3 is 0 Å². The van der Waals surface area contributed by atoms with Crippen LogP contribution in [-0.4, -0.2) is 42.3 Å². The summed E-state index contributed by atoms with van der Waals surface area (Å²) in [6.07, 6.45) is 2.83. The van der Waals surface area contributed by atoms with E-state index in [2.05, 4.69) is 27.5 Å². The first-order valence-electron chi connectivity index (χ1n) is 8.46. The van der Waals surface area contributed by atoms with Gasteiger partial charge in [-0.25, -0.2) is 4.39 Å². The van der Waals surface area contributed by atoms with E-state index in [4.69, 9.17) is 4.74 Å². The number of aliphatic hydroxyl groups excluding tert-OH is 1. The molecular weight excluding hydrogens is 385 g/mol. The zero-order valence-electron chi connectivity index (χ0n) is 15.4. The number of nitrogens with one attached hydrogen (secondary N) is 3. The topological polar surface area (TPSA) is 86.4 Å². The van der Waals surface area contributed by atoms with Gasteiger partial charge in [-0.05, 0) is 31.2 Å². The summed E-state index contributed by atoms with van der Waals surface area (Å²) in [5, 5.41) is 14.9. The van der Waals surface area contributed by atoms with Crippen molar-refractivity contribution in [3.05, 3.63) is 47.0 Å². The molecule has 0 fully saturated rings. The first-order valence-corrected chi connectivity index (χ1v) is 8.46. The van der Waals surface area contributed by atoms with E-state index in [-0.39, 0.29) is 23.9 Å². The third kappa shape index (κ3) is 4.54. The lowest BCUT2D eigenvalue weighted by molar-refractivity contribution is -0.110. The first-order chi connectivity index (χ1) is 13.0. The van der Waals surface area contributed by atoms with E-state index in [1.54, 1.807) is 25.3 Å². The molecule has 1 atom stereocenters. The van der Waals surface area contributed by atoms with Crippen LogP contribution in [0.1, 0.15) is 23.7 Å². The maximum atomic E-state index is 14.4. The molecule has 0 bridgehead atoms. The van der Waals surface area contributed by atoms with Crippen molar-refractivity contribution in [3.63, 3.8) is 0 Å². The highest BCUT2D eigenvalue weighted by Crippen LogP contribution is 2.37. The van der Waals surface area contributed by atoms with Crippen LogP contribution in [0.15, 0.2) is 24.4 Å². The van der Waals surface area contributed by atoms with Gasteiger partial charge in [0.2, 0.25) is 0 Å². The number of ether oxygens (including phenoxy) is 1. The minimum Gasteiger partial charge on any atom is -0.495 e. The number of fused-ring (bicyclic) bond motifs is 1. The van der Waals surface area contributed by atoms with Crippen molar-refractivity contribution in [2.75, 3.05) is 25.5 Å². The van der Waals surface area contributed by atoms with Gasteiger partial charge in [-0.1, -0.05) is 11.8 Å². The van der Waals surface area contributed by atoms with Gasteiger partial charge in [0.25, 0.3) is 5.91 Å². The summed E-state index contributed by atoms with van der Waals surface area (Å²) in [6, 6.07) is 4.54. The van der Waals surface area contributed by atoms with Crippen LogP contribution >= 0.6 is 12.4 Å². The van der Waals surface area contributed by atoms with Crippen LogP contribution in [0.25, 0.3) is 11.6 Å². The second kappa shape index (κ2) is 9.42. The smallest absolute Gasteiger partial charge is 0.256 e. The lowest BCUT2D eigenvalue weighted by atomic mass is 9.99. The van der Waals surface area contributed by atoms with Crippen molar-refractivity contribution in [2.45, 2.75) is 13.0 Å². The van der Waals surface area contributed by atoms with Crippen LogP contribution < -0.4 is 15.4 Å². The molecule has 0 aliphatic carbocycles. The van der Waals surface area contributed by atoms with E-state index in [9.17, 15) is 14.3 Å². The molecule has 0 radical (unpaired) electrons. The van der Waals surface area contributed by atoms with E-state index < -0.39 is 11.9 Å². The van der Waals surface area contributed by atoms with Gasteiger partial charge in [0.15, 0.2) is 0 Å². The van der Waals surface area contributed by atoms with E-state index >= 15 is 0 Å². The van der Waals surface area contributed by atoms with E-state index in [0.717, 1.165) is 0 Å². The molecule has 1 aliphatic heterocycles. The Balaban J connectivity index is 0.00000280. The van der Waals surface area contributed by atoms with E-state index in [1.807, 2.05) is 0 Å². The fourth-order valence-electron chi connectivity index (χ4n) is 2.80. The summed E-state index contributed by atoms with van der Waals surface area (Å²) in [5.41, 5.74) is 2.02. The summed E-state index contributed by atoms with van der Waals surface area (Å²) in [7, 11) is 1.53. The number of carbonyl (C=O) groups excluding carboxylic acids is 1. The quantitative estimate of drug-likeness (QED) is 0.349. The van der Waals surface area contributed by atoms with Crippen molar-refractivity contribution in [1.82, 2.24) is 10.3 Å². The van der Waals surface area contributed by atoms with Gasteiger partial charge in [-0.2, -0.15) is 0 Å². The Morgan fingerprint density at radius 2 is 2.18 bits per heavy atom. The molecule has 6 nitrogen and oxygen atoms in total. The van der Waals surface area contributed by atoms with Crippen molar-refractivity contribution >= 4 is 35.7 Å². The number of H-pyrrole nitrogens is 1. The number of aromatic amines is 1. The number of halogens is 2. The number of aliphatic hydroxyl groups is 1. The minimum absolute atomic E-state index is 0. The standard InChI is InChI=1S/C20H20FN3O3.ClH/c1-12(25)11-22-8-3-4-13-15(21)5-6-16-19(13)14(20(26)24-16)10-17-18(27-2)7-9-23-17;/h5-7,9-10,12,22-23,25H,8,11H2,1-2H3,(H,24,26);1H. The van der Waals surface area contributed by atoms with E-state index in [0.29, 0.717) is 41.4 Å². The predicted octanol–water partition coefficient (Wildman–Crippen LogP) is 2.40. The number of anilines is 1. The molecule has 1 aromatic heterocycles. The van der Waals surface area contributed by atoms with Gasteiger partial charge in [0.1, 0.15) is 11.6 Å². The Morgan fingerprint density at radius 1 is 1.39 bits per heavy atom. The van der Waals surface area contributed by atoms with Crippen molar-refractivity contribution in [2.24, 2.45) is 0 Å². The lowest BCUT2D eigenvalue weighted by Gasteiger charge is -2.05. The molecule has 2 heterocycles. The van der Waals surface area contributed by atoms with Crippen LogP contribution in [0.5, 0.6) is 5.75 Å². The predicted molar refractivity (Wildman–Crippen MR) is 109 cm³/mol. The number of hydrogen-bond donors (Lipinski definition) is 4. The summed E-state index contributed by atoms with van der Waals surface area (Å²) in [4.78, 5) is 15.4. The van der Waals surface area contributed by atoms with Gasteiger partial charge in [0, 0.05) is 18.3 Å². The molecule has 0 saturated heterocycles. The third-order valence-corrected chi connectivity index (χ3v) is 4.03. The molecule has 1 unspecified atom stereocenters. The molecule has 4 N–H and O–H groups in total. The second-order valence-electron chi connectivity index (χ2n) is 6.10. The van der Waals surface area contributed by atoms with Gasteiger partial charge in [0.05, 0.1) is 42.3 Å². The largest absolute Gasteiger partial charge is 0.495 e. The molecule has 0 saturated carbocycles. The molecule has 1 aromatic carbocycles. The Morgan fingerprint density at radius 3 is 2.89 bits per heavy atom. The van der Waals surface area contributed by atoms with Crippen LogP contribution in [0.4, 0.5) is 10.1 Å². The summed E-state index contributed by atoms with van der Waals surface area (Å²) >= 11 is 0. The Bertz CT molecular complexity index is 957. The highest BCUT2D eigenvalue weighted by Gasteiger charge is 2.28. The molecule has 8 heteroatoms. The molecule has 1 amide bonds. The number of rotatable bonds is 5. The fourth-order valence-corrected chi connectivity index (χ4v) is 2.80. The van der Waals surface area contributed by atoms with Crippen LogP contribution in [-0.2, 0) is 4.79 Å². The summed E-state index contributed by atoms with van der Waals surface area (Å²) in [6.45, 7) is 2.34. The highest BCUT2D eigenvalue weighted by atomic mass is 35.5. The van der Waals surface area contributed by atoms with Gasteiger partial charge < -0.3 is 25.5 Å². The molecule has 0 spiro atoms. The average molecular weight is 406 g/mol. The van der Waals surface area contributed by atoms with E-state index in [1.165, 1.54) is 19.2 Å². The molecule has 148 valence electrons. The van der Waals surface area contributed by atoms with Crippen LogP contribution in [0, 0.1) is 17.7 Å². The lowest BCUT2D eigenvalue weighted by Crippen LogP contribution is -2.24. The Hall–Kier alpha value is -2.79. The monoisotopic (exact) mass is 405 g/mol. The molecule has 1 aliphatic rings.